The van der Waals surface area contributed by atoms with Crippen LogP contribution in [0, 0.1) is 0 Å². The average Bonchev–Trinajstić information content (AvgIpc) is 3.13. The van der Waals surface area contributed by atoms with Crippen molar-refractivity contribution < 1.29 is 9.53 Å². The molecule has 3 rings (SSSR count). The first-order valence-electron chi connectivity index (χ1n) is 7.92. The number of halogens is 1. The first-order valence-corrected chi connectivity index (χ1v) is 8.30. The number of imidazole rings is 1. The van der Waals surface area contributed by atoms with Gasteiger partial charge < -0.3 is 14.6 Å². The van der Waals surface area contributed by atoms with Gasteiger partial charge in [0, 0.05) is 24.5 Å². The fourth-order valence-electron chi connectivity index (χ4n) is 2.34. The Morgan fingerprint density at radius 3 is 2.68 bits per heavy atom. The maximum absolute atomic E-state index is 12.1. The molecule has 25 heavy (non-hydrogen) atoms. The molecule has 0 fully saturated rings. The summed E-state index contributed by atoms with van der Waals surface area (Å²) in [5.74, 6) is 0.485. The number of aromatic nitrogens is 2. The summed E-state index contributed by atoms with van der Waals surface area (Å²) in [6.07, 6.45) is 5.41. The molecule has 3 aromatic rings. The third kappa shape index (κ3) is 4.84. The standard InChI is InChI=1S/C19H18ClN3O2/c20-17-3-1-2-4-18(17)25-12-10-22-19(24)16-7-5-15(6-8-16)13-23-11-9-21-14-23/h1-9,11,14H,10,12-13H2,(H,22,24). The highest BCUT2D eigenvalue weighted by molar-refractivity contribution is 6.32. The second-order valence-corrected chi connectivity index (χ2v) is 5.87. The summed E-state index contributed by atoms with van der Waals surface area (Å²) in [6, 6.07) is 14.8. The highest BCUT2D eigenvalue weighted by atomic mass is 35.5. The van der Waals surface area contributed by atoms with Crippen LogP contribution in [-0.4, -0.2) is 28.6 Å². The molecule has 1 amide bonds. The Hall–Kier alpha value is -2.79. The van der Waals surface area contributed by atoms with Crippen LogP contribution in [-0.2, 0) is 6.54 Å². The average molecular weight is 356 g/mol. The molecule has 128 valence electrons. The number of carbonyl (C=O) groups excluding carboxylic acids is 1. The molecule has 0 aliphatic rings. The van der Waals surface area contributed by atoms with Gasteiger partial charge in [-0.3, -0.25) is 4.79 Å². The number of nitrogens with one attached hydrogen (secondary N) is 1. The fraction of sp³-hybridized carbons (Fsp3) is 0.158. The quantitative estimate of drug-likeness (QED) is 0.661. The largest absolute Gasteiger partial charge is 0.490 e. The molecule has 0 unspecified atom stereocenters. The summed E-state index contributed by atoms with van der Waals surface area (Å²) >= 11 is 6.01. The van der Waals surface area contributed by atoms with E-state index in [1.807, 2.05) is 47.2 Å². The predicted molar refractivity (Wildman–Crippen MR) is 97.1 cm³/mol. The number of hydrogen-bond acceptors (Lipinski definition) is 3. The topological polar surface area (TPSA) is 56.1 Å². The van der Waals surface area contributed by atoms with E-state index >= 15 is 0 Å². The molecule has 0 saturated carbocycles. The minimum atomic E-state index is -0.128. The van der Waals surface area contributed by atoms with Crippen LogP contribution < -0.4 is 10.1 Å². The van der Waals surface area contributed by atoms with Gasteiger partial charge in [0.2, 0.25) is 0 Å². The van der Waals surface area contributed by atoms with Crippen LogP contribution in [0.25, 0.3) is 0 Å². The lowest BCUT2D eigenvalue weighted by Gasteiger charge is -2.09. The molecular formula is C19H18ClN3O2. The summed E-state index contributed by atoms with van der Waals surface area (Å²) in [6.45, 7) is 1.49. The Kier molecular flexibility index (Phi) is 5.69. The number of nitrogens with zero attached hydrogens (tertiary/aromatic N) is 2. The monoisotopic (exact) mass is 355 g/mol. The lowest BCUT2D eigenvalue weighted by atomic mass is 10.1. The van der Waals surface area contributed by atoms with Crippen molar-refractivity contribution >= 4 is 17.5 Å². The zero-order chi connectivity index (χ0) is 17.5. The Morgan fingerprint density at radius 1 is 1.16 bits per heavy atom. The molecule has 0 atom stereocenters. The zero-order valence-electron chi connectivity index (χ0n) is 13.6. The second-order valence-electron chi connectivity index (χ2n) is 5.47. The maximum atomic E-state index is 12.1. The van der Waals surface area contributed by atoms with E-state index in [1.54, 1.807) is 24.7 Å². The molecule has 0 aliphatic carbocycles. The van der Waals surface area contributed by atoms with Gasteiger partial charge in [0.1, 0.15) is 12.4 Å². The molecule has 6 heteroatoms. The van der Waals surface area contributed by atoms with E-state index in [4.69, 9.17) is 16.3 Å². The molecule has 1 heterocycles. The third-order valence-corrected chi connectivity index (χ3v) is 3.93. The van der Waals surface area contributed by atoms with Crippen LogP contribution in [0.5, 0.6) is 5.75 Å². The SMILES string of the molecule is O=C(NCCOc1ccccc1Cl)c1ccc(Cn2ccnc2)cc1. The lowest BCUT2D eigenvalue weighted by molar-refractivity contribution is 0.0947. The van der Waals surface area contributed by atoms with Gasteiger partial charge in [-0.25, -0.2) is 4.98 Å². The molecule has 0 bridgehead atoms. The number of para-hydroxylation sites is 1. The molecule has 0 saturated heterocycles. The van der Waals surface area contributed by atoms with E-state index < -0.39 is 0 Å². The summed E-state index contributed by atoms with van der Waals surface area (Å²) in [4.78, 5) is 16.2. The van der Waals surface area contributed by atoms with Gasteiger partial charge in [0.25, 0.3) is 5.91 Å². The molecule has 2 aromatic carbocycles. The zero-order valence-corrected chi connectivity index (χ0v) is 14.3. The van der Waals surface area contributed by atoms with Crippen LogP contribution in [0.1, 0.15) is 15.9 Å². The molecular weight excluding hydrogens is 338 g/mol. The van der Waals surface area contributed by atoms with Crippen molar-refractivity contribution in [3.8, 4) is 5.75 Å². The Balaban J connectivity index is 1.45. The minimum Gasteiger partial charge on any atom is -0.490 e. The van der Waals surface area contributed by atoms with E-state index in [9.17, 15) is 4.79 Å². The Morgan fingerprint density at radius 2 is 1.96 bits per heavy atom. The Bertz CT molecular complexity index is 817. The highest BCUT2D eigenvalue weighted by Gasteiger charge is 2.06. The van der Waals surface area contributed by atoms with Gasteiger partial charge in [0.05, 0.1) is 17.9 Å². The van der Waals surface area contributed by atoms with E-state index in [1.165, 1.54) is 0 Å². The van der Waals surface area contributed by atoms with Crippen molar-refractivity contribution in [2.45, 2.75) is 6.54 Å². The van der Waals surface area contributed by atoms with Crippen molar-refractivity contribution in [2.75, 3.05) is 13.2 Å². The number of amides is 1. The summed E-state index contributed by atoms with van der Waals surface area (Å²) in [7, 11) is 0. The van der Waals surface area contributed by atoms with Gasteiger partial charge in [0.15, 0.2) is 0 Å². The van der Waals surface area contributed by atoms with Crippen LogP contribution in [0.15, 0.2) is 67.3 Å². The van der Waals surface area contributed by atoms with E-state index in [0.29, 0.717) is 29.5 Å². The minimum absolute atomic E-state index is 0.128. The van der Waals surface area contributed by atoms with Gasteiger partial charge >= 0.3 is 0 Å². The Labute approximate surface area is 151 Å². The molecule has 1 N–H and O–H groups in total. The van der Waals surface area contributed by atoms with Crippen LogP contribution in [0.3, 0.4) is 0 Å². The summed E-state index contributed by atoms with van der Waals surface area (Å²) in [5, 5.41) is 3.39. The van der Waals surface area contributed by atoms with Crippen molar-refractivity contribution in [3.05, 3.63) is 83.4 Å². The van der Waals surface area contributed by atoms with Crippen LogP contribution in [0.2, 0.25) is 5.02 Å². The first kappa shape index (κ1) is 17.0. The van der Waals surface area contributed by atoms with E-state index in [2.05, 4.69) is 10.3 Å². The van der Waals surface area contributed by atoms with Gasteiger partial charge in [-0.2, -0.15) is 0 Å². The number of benzene rings is 2. The van der Waals surface area contributed by atoms with Gasteiger partial charge in [-0.15, -0.1) is 0 Å². The van der Waals surface area contributed by atoms with Crippen LogP contribution >= 0.6 is 11.6 Å². The molecule has 0 aliphatic heterocycles. The normalized spacial score (nSPS) is 10.4. The predicted octanol–water partition coefficient (Wildman–Crippen LogP) is 3.39. The van der Waals surface area contributed by atoms with Crippen molar-refractivity contribution in [1.29, 1.82) is 0 Å². The highest BCUT2D eigenvalue weighted by Crippen LogP contribution is 2.22. The van der Waals surface area contributed by atoms with Crippen molar-refractivity contribution in [3.63, 3.8) is 0 Å². The van der Waals surface area contributed by atoms with E-state index in [-0.39, 0.29) is 5.91 Å². The summed E-state index contributed by atoms with van der Waals surface area (Å²) < 4.78 is 7.52. The third-order valence-electron chi connectivity index (χ3n) is 3.62. The van der Waals surface area contributed by atoms with Gasteiger partial charge in [-0.1, -0.05) is 35.9 Å². The van der Waals surface area contributed by atoms with Crippen molar-refractivity contribution in [1.82, 2.24) is 14.9 Å². The molecule has 0 spiro atoms. The number of carbonyl (C=O) groups is 1. The van der Waals surface area contributed by atoms with Gasteiger partial charge in [-0.05, 0) is 29.8 Å². The smallest absolute Gasteiger partial charge is 0.251 e. The maximum Gasteiger partial charge on any atom is 0.251 e. The molecule has 0 radical (unpaired) electrons. The van der Waals surface area contributed by atoms with E-state index in [0.717, 1.165) is 12.1 Å². The second kappa shape index (κ2) is 8.35. The lowest BCUT2D eigenvalue weighted by Crippen LogP contribution is -2.28. The number of rotatable bonds is 7. The summed E-state index contributed by atoms with van der Waals surface area (Å²) in [5.41, 5.74) is 1.73. The molecule has 5 nitrogen and oxygen atoms in total. The first-order chi connectivity index (χ1) is 12.2. The number of ether oxygens (including phenoxy) is 1. The molecule has 1 aromatic heterocycles. The number of hydrogen-bond donors (Lipinski definition) is 1. The van der Waals surface area contributed by atoms with Crippen LogP contribution in [0.4, 0.5) is 0 Å². The fourth-order valence-corrected chi connectivity index (χ4v) is 2.53. The van der Waals surface area contributed by atoms with Crippen molar-refractivity contribution in [2.24, 2.45) is 0 Å².